The minimum absolute atomic E-state index is 0.167. The average Bonchev–Trinajstić information content (AvgIpc) is 2.09. The Balaban J connectivity index is 2.95. The highest BCUT2D eigenvalue weighted by molar-refractivity contribution is 9.10. The van der Waals surface area contributed by atoms with Crippen molar-refractivity contribution < 1.29 is 23.1 Å². The lowest BCUT2D eigenvalue weighted by Gasteiger charge is -2.10. The molecule has 0 unspecified atom stereocenters. The monoisotopic (exact) mass is 283 g/mol. The first-order valence-corrected chi connectivity index (χ1v) is 4.47. The Morgan fingerprint density at radius 1 is 1.40 bits per heavy atom. The highest BCUT2D eigenvalue weighted by atomic mass is 79.9. The molecular formula is C8H5BrF3NO2. The third kappa shape index (κ3) is 2.85. The molecule has 0 aromatic heterocycles. The Kier molecular flexibility index (Phi) is 3.23. The number of para-hydroxylation sites is 1. The van der Waals surface area contributed by atoms with E-state index in [-0.39, 0.29) is 10.2 Å². The van der Waals surface area contributed by atoms with Crippen LogP contribution in [-0.2, 0) is 4.79 Å². The van der Waals surface area contributed by atoms with Gasteiger partial charge in [0, 0.05) is 4.47 Å². The summed E-state index contributed by atoms with van der Waals surface area (Å²) in [6.07, 6.45) is -4.98. The van der Waals surface area contributed by atoms with Crippen molar-refractivity contribution in [2.24, 2.45) is 0 Å². The fourth-order valence-electron chi connectivity index (χ4n) is 0.821. The zero-order valence-electron chi connectivity index (χ0n) is 7.10. The summed E-state index contributed by atoms with van der Waals surface area (Å²) >= 11 is 2.90. The van der Waals surface area contributed by atoms with E-state index in [1.54, 1.807) is 5.32 Å². The summed E-state index contributed by atoms with van der Waals surface area (Å²) in [5.74, 6) is -2.58. The third-order valence-electron chi connectivity index (χ3n) is 1.49. The molecule has 15 heavy (non-hydrogen) atoms. The van der Waals surface area contributed by atoms with Gasteiger partial charge in [-0.25, -0.2) is 0 Å². The van der Waals surface area contributed by atoms with Crippen LogP contribution >= 0.6 is 15.9 Å². The molecule has 1 amide bonds. The maximum atomic E-state index is 11.9. The van der Waals surface area contributed by atoms with Gasteiger partial charge in [-0.1, -0.05) is 6.07 Å². The Labute approximate surface area is 91.0 Å². The Hall–Kier alpha value is -1.24. The van der Waals surface area contributed by atoms with E-state index >= 15 is 0 Å². The van der Waals surface area contributed by atoms with Crippen LogP contribution in [0.25, 0.3) is 0 Å². The number of carbonyl (C=O) groups is 1. The lowest BCUT2D eigenvalue weighted by Crippen LogP contribution is -2.30. The van der Waals surface area contributed by atoms with Gasteiger partial charge in [0.1, 0.15) is 5.75 Å². The summed E-state index contributed by atoms with van der Waals surface area (Å²) in [4.78, 5) is 10.6. The quantitative estimate of drug-likeness (QED) is 0.779. The maximum absolute atomic E-state index is 11.9. The van der Waals surface area contributed by atoms with E-state index in [1.165, 1.54) is 12.1 Å². The molecule has 0 saturated heterocycles. The molecule has 82 valence electrons. The number of aromatic hydroxyl groups is 1. The van der Waals surface area contributed by atoms with Crippen molar-refractivity contribution in [1.29, 1.82) is 0 Å². The predicted molar refractivity (Wildman–Crippen MR) is 50.5 cm³/mol. The van der Waals surface area contributed by atoms with Gasteiger partial charge in [0.25, 0.3) is 0 Å². The number of hydrogen-bond donors (Lipinski definition) is 2. The van der Waals surface area contributed by atoms with E-state index < -0.39 is 17.8 Å². The van der Waals surface area contributed by atoms with E-state index in [4.69, 9.17) is 0 Å². The molecule has 0 fully saturated rings. The van der Waals surface area contributed by atoms with E-state index in [9.17, 15) is 23.1 Å². The number of benzene rings is 1. The number of rotatable bonds is 1. The van der Waals surface area contributed by atoms with Gasteiger partial charge in [0.05, 0.1) is 5.69 Å². The molecule has 0 aliphatic rings. The molecule has 1 aromatic carbocycles. The molecule has 3 nitrogen and oxygen atoms in total. The number of hydrogen-bond acceptors (Lipinski definition) is 2. The third-order valence-corrected chi connectivity index (χ3v) is 2.15. The molecule has 7 heteroatoms. The van der Waals surface area contributed by atoms with E-state index in [0.717, 1.165) is 6.07 Å². The van der Waals surface area contributed by atoms with Crippen LogP contribution in [-0.4, -0.2) is 17.2 Å². The van der Waals surface area contributed by atoms with E-state index in [0.29, 0.717) is 0 Å². The summed E-state index contributed by atoms with van der Waals surface area (Å²) in [5.41, 5.74) is -0.306. The second kappa shape index (κ2) is 4.09. The summed E-state index contributed by atoms with van der Waals surface area (Å²) < 4.78 is 35.8. The van der Waals surface area contributed by atoms with Crippen molar-refractivity contribution in [3.63, 3.8) is 0 Å². The molecule has 0 aliphatic carbocycles. The largest absolute Gasteiger partial charge is 0.506 e. The number of amides is 1. The van der Waals surface area contributed by atoms with Crippen molar-refractivity contribution in [3.05, 3.63) is 22.7 Å². The molecule has 0 spiro atoms. The number of phenols is 1. The number of carbonyl (C=O) groups excluding carboxylic acids is 1. The molecule has 0 aliphatic heterocycles. The van der Waals surface area contributed by atoms with Crippen molar-refractivity contribution in [1.82, 2.24) is 0 Å². The number of nitrogens with one attached hydrogen (secondary N) is 1. The minimum Gasteiger partial charge on any atom is -0.506 e. The normalized spacial score (nSPS) is 11.2. The van der Waals surface area contributed by atoms with Crippen LogP contribution in [0.5, 0.6) is 5.75 Å². The molecule has 0 saturated carbocycles. The van der Waals surface area contributed by atoms with Gasteiger partial charge in [-0.05, 0) is 28.1 Å². The second-order valence-electron chi connectivity index (χ2n) is 2.59. The number of alkyl halides is 3. The van der Waals surface area contributed by atoms with Crippen molar-refractivity contribution >= 4 is 27.5 Å². The zero-order chi connectivity index (χ0) is 11.6. The van der Waals surface area contributed by atoms with Crippen LogP contribution in [0.4, 0.5) is 18.9 Å². The fraction of sp³-hybridized carbons (Fsp3) is 0.125. The van der Waals surface area contributed by atoms with Gasteiger partial charge in [-0.3, -0.25) is 4.79 Å². The highest BCUT2D eigenvalue weighted by Crippen LogP contribution is 2.32. The summed E-state index contributed by atoms with van der Waals surface area (Å²) in [5, 5.41) is 10.8. The SMILES string of the molecule is O=C(Nc1c(O)cccc1Br)C(F)(F)F. The van der Waals surface area contributed by atoms with Crippen LogP contribution in [0.2, 0.25) is 0 Å². The van der Waals surface area contributed by atoms with Gasteiger partial charge in [-0.15, -0.1) is 0 Å². The molecule has 1 aromatic rings. The first-order chi connectivity index (χ1) is 6.82. The fourth-order valence-corrected chi connectivity index (χ4v) is 1.28. The molecule has 2 N–H and O–H groups in total. The predicted octanol–water partition coefficient (Wildman–Crippen LogP) is 2.66. The number of halogens is 4. The second-order valence-corrected chi connectivity index (χ2v) is 3.44. The lowest BCUT2D eigenvalue weighted by atomic mass is 10.3. The summed E-state index contributed by atoms with van der Waals surface area (Å²) in [6.45, 7) is 0. The summed E-state index contributed by atoms with van der Waals surface area (Å²) in [7, 11) is 0. The molecular weight excluding hydrogens is 279 g/mol. The molecule has 1 rings (SSSR count). The Morgan fingerprint density at radius 3 is 2.47 bits per heavy atom. The molecule has 0 atom stereocenters. The van der Waals surface area contributed by atoms with Gasteiger partial charge >= 0.3 is 12.1 Å². The van der Waals surface area contributed by atoms with Crippen LogP contribution in [0, 0.1) is 0 Å². The standard InChI is InChI=1S/C8H5BrF3NO2/c9-4-2-1-3-5(14)6(4)13-7(15)8(10,11)12/h1-3,14H,(H,13,15). The van der Waals surface area contributed by atoms with E-state index in [1.807, 2.05) is 0 Å². The van der Waals surface area contributed by atoms with Gasteiger partial charge in [0.15, 0.2) is 0 Å². The summed E-state index contributed by atoms with van der Waals surface area (Å²) in [6, 6.07) is 3.98. The van der Waals surface area contributed by atoms with Crippen molar-refractivity contribution in [2.75, 3.05) is 5.32 Å². The minimum atomic E-state index is -4.98. The van der Waals surface area contributed by atoms with Crippen molar-refractivity contribution in [2.45, 2.75) is 6.18 Å². The smallest absolute Gasteiger partial charge is 0.471 e. The van der Waals surface area contributed by atoms with Gasteiger partial charge in [0.2, 0.25) is 0 Å². The molecule has 0 heterocycles. The van der Waals surface area contributed by atoms with Gasteiger partial charge in [-0.2, -0.15) is 13.2 Å². The van der Waals surface area contributed by atoms with Crippen molar-refractivity contribution in [3.8, 4) is 5.75 Å². The Bertz CT molecular complexity index is 372. The van der Waals surface area contributed by atoms with E-state index in [2.05, 4.69) is 15.9 Å². The first kappa shape index (κ1) is 11.8. The molecule has 0 bridgehead atoms. The molecule has 0 radical (unpaired) electrons. The van der Waals surface area contributed by atoms with Crippen LogP contribution in [0.3, 0.4) is 0 Å². The average molecular weight is 284 g/mol. The number of phenolic OH excluding ortho intramolecular Hbond substituents is 1. The number of anilines is 1. The van der Waals surface area contributed by atoms with Crippen LogP contribution < -0.4 is 5.32 Å². The first-order valence-electron chi connectivity index (χ1n) is 3.68. The Morgan fingerprint density at radius 2 is 2.00 bits per heavy atom. The maximum Gasteiger partial charge on any atom is 0.471 e. The lowest BCUT2D eigenvalue weighted by molar-refractivity contribution is -0.167. The topological polar surface area (TPSA) is 49.3 Å². The van der Waals surface area contributed by atoms with Gasteiger partial charge < -0.3 is 10.4 Å². The zero-order valence-corrected chi connectivity index (χ0v) is 8.69. The van der Waals surface area contributed by atoms with Crippen LogP contribution in [0.1, 0.15) is 0 Å². The van der Waals surface area contributed by atoms with Crippen LogP contribution in [0.15, 0.2) is 22.7 Å². The highest BCUT2D eigenvalue weighted by Gasteiger charge is 2.39.